The van der Waals surface area contributed by atoms with Gasteiger partial charge in [-0.2, -0.15) is 0 Å². The van der Waals surface area contributed by atoms with Crippen molar-refractivity contribution in [3.8, 4) is 0 Å². The number of carbonyl (C=O) groups excluding carboxylic acids is 2. The van der Waals surface area contributed by atoms with Gasteiger partial charge in [-0.3, -0.25) is 20.0 Å². The summed E-state index contributed by atoms with van der Waals surface area (Å²) in [6.45, 7) is 0. The Bertz CT molecular complexity index is 562. The van der Waals surface area contributed by atoms with Crippen molar-refractivity contribution in [2.45, 2.75) is 44.6 Å². The monoisotopic (exact) mass is 298 g/mol. The maximum Gasteiger partial charge on any atom is 0.269 e. The van der Waals surface area contributed by atoms with E-state index in [4.69, 9.17) is 0 Å². The lowest BCUT2D eigenvalue weighted by molar-refractivity contribution is -0.117. The second kappa shape index (κ2) is 6.77. The summed E-state index contributed by atoms with van der Waals surface area (Å²) in [4.78, 5) is 24.1. The fourth-order valence-electron chi connectivity index (χ4n) is 3.45. The molecule has 1 aromatic rings. The third kappa shape index (κ3) is 3.38. The summed E-state index contributed by atoms with van der Waals surface area (Å²) in [6.07, 6.45) is 9.79. The normalized spacial score (nSPS) is 22.6. The molecular formula is C18H22N2O2. The smallest absolute Gasteiger partial charge is 0.269 e. The van der Waals surface area contributed by atoms with E-state index in [9.17, 15) is 9.59 Å². The molecule has 4 heteroatoms. The summed E-state index contributed by atoms with van der Waals surface area (Å²) in [5.41, 5.74) is 3.59. The number of hydrazine groups is 1. The van der Waals surface area contributed by atoms with Crippen LogP contribution < -0.4 is 5.43 Å². The molecule has 1 saturated carbocycles. The molecule has 2 aliphatic rings. The lowest BCUT2D eigenvalue weighted by atomic mass is 9.81. The Morgan fingerprint density at radius 2 is 1.82 bits per heavy atom. The quantitative estimate of drug-likeness (QED) is 0.933. The number of ketones is 1. The van der Waals surface area contributed by atoms with Crippen LogP contribution >= 0.6 is 0 Å². The maximum atomic E-state index is 12.4. The molecule has 1 fully saturated rings. The zero-order chi connectivity index (χ0) is 15.4. The number of nitrogens with one attached hydrogen (secondary N) is 1. The first-order valence-corrected chi connectivity index (χ1v) is 8.09. The number of hydrogen-bond acceptors (Lipinski definition) is 3. The zero-order valence-corrected chi connectivity index (χ0v) is 12.7. The number of carbonyl (C=O) groups is 2. The first kappa shape index (κ1) is 14.8. The van der Waals surface area contributed by atoms with Crippen LogP contribution in [-0.4, -0.2) is 22.7 Å². The summed E-state index contributed by atoms with van der Waals surface area (Å²) in [7, 11) is 0. The maximum absolute atomic E-state index is 12.4. The third-order valence-corrected chi connectivity index (χ3v) is 4.65. The largest absolute Gasteiger partial charge is 0.295 e. The summed E-state index contributed by atoms with van der Waals surface area (Å²) in [5, 5.41) is 1.85. The SMILES string of the molecule is O=C1C=CN(NC(=O)c2ccccc2)[C@@H](C2CCCCC2)C1. The average Bonchev–Trinajstić information content (AvgIpc) is 2.58. The van der Waals surface area contributed by atoms with E-state index in [0.29, 0.717) is 17.9 Å². The zero-order valence-electron chi connectivity index (χ0n) is 12.7. The molecule has 1 aliphatic heterocycles. The van der Waals surface area contributed by atoms with Crippen molar-refractivity contribution in [3.63, 3.8) is 0 Å². The van der Waals surface area contributed by atoms with E-state index in [2.05, 4.69) is 5.43 Å². The molecule has 1 amide bonds. The lowest BCUT2D eigenvalue weighted by Gasteiger charge is -2.39. The van der Waals surface area contributed by atoms with Gasteiger partial charge in [-0.15, -0.1) is 0 Å². The van der Waals surface area contributed by atoms with Gasteiger partial charge >= 0.3 is 0 Å². The highest BCUT2D eigenvalue weighted by Crippen LogP contribution is 2.31. The van der Waals surface area contributed by atoms with Crippen LogP contribution in [0.3, 0.4) is 0 Å². The van der Waals surface area contributed by atoms with Gasteiger partial charge < -0.3 is 0 Å². The molecule has 1 aliphatic carbocycles. The van der Waals surface area contributed by atoms with Gasteiger partial charge in [0, 0.05) is 18.2 Å². The van der Waals surface area contributed by atoms with E-state index in [-0.39, 0.29) is 17.7 Å². The predicted octanol–water partition coefficient (Wildman–Crippen LogP) is 3.07. The molecule has 4 nitrogen and oxygen atoms in total. The lowest BCUT2D eigenvalue weighted by Crippen LogP contribution is -2.51. The van der Waals surface area contributed by atoms with Crippen molar-refractivity contribution >= 4 is 11.7 Å². The van der Waals surface area contributed by atoms with Crippen LogP contribution in [0.25, 0.3) is 0 Å². The summed E-state index contributed by atoms with van der Waals surface area (Å²) < 4.78 is 0. The Morgan fingerprint density at radius 1 is 1.09 bits per heavy atom. The van der Waals surface area contributed by atoms with E-state index >= 15 is 0 Å². The molecule has 1 heterocycles. The predicted molar refractivity (Wildman–Crippen MR) is 84.9 cm³/mol. The Balaban J connectivity index is 1.72. The molecule has 22 heavy (non-hydrogen) atoms. The molecule has 1 N–H and O–H groups in total. The van der Waals surface area contributed by atoms with Gasteiger partial charge in [-0.1, -0.05) is 37.5 Å². The van der Waals surface area contributed by atoms with Gasteiger partial charge in [-0.25, -0.2) is 0 Å². The number of nitrogens with zero attached hydrogens (tertiary/aromatic N) is 1. The van der Waals surface area contributed by atoms with Crippen LogP contribution in [0.2, 0.25) is 0 Å². The van der Waals surface area contributed by atoms with Gasteiger partial charge in [0.15, 0.2) is 5.78 Å². The van der Waals surface area contributed by atoms with Gasteiger partial charge in [-0.05, 0) is 37.0 Å². The van der Waals surface area contributed by atoms with Crippen molar-refractivity contribution in [2.24, 2.45) is 5.92 Å². The van der Waals surface area contributed by atoms with Crippen molar-refractivity contribution in [1.29, 1.82) is 0 Å². The topological polar surface area (TPSA) is 49.4 Å². The standard InChI is InChI=1S/C18H22N2O2/c21-16-11-12-20(17(13-16)14-7-3-1-4-8-14)19-18(22)15-9-5-2-6-10-15/h2,5-6,9-12,14,17H,1,3-4,7-8,13H2,(H,19,22)/t17-/m1/s1. The highest BCUT2D eigenvalue weighted by molar-refractivity contribution is 5.94. The number of benzene rings is 1. The first-order valence-electron chi connectivity index (χ1n) is 8.09. The van der Waals surface area contributed by atoms with Crippen LogP contribution in [-0.2, 0) is 4.79 Å². The molecule has 116 valence electrons. The number of hydrogen-bond donors (Lipinski definition) is 1. The molecule has 0 bridgehead atoms. The third-order valence-electron chi connectivity index (χ3n) is 4.65. The van der Waals surface area contributed by atoms with Gasteiger partial charge in [0.05, 0.1) is 6.04 Å². The molecule has 0 aromatic heterocycles. The summed E-state index contributed by atoms with van der Waals surface area (Å²) >= 11 is 0. The Morgan fingerprint density at radius 3 is 2.55 bits per heavy atom. The minimum atomic E-state index is -0.125. The van der Waals surface area contributed by atoms with Crippen LogP contribution in [0.4, 0.5) is 0 Å². The highest BCUT2D eigenvalue weighted by atomic mass is 16.2. The summed E-state index contributed by atoms with van der Waals surface area (Å²) in [6, 6.07) is 9.27. The van der Waals surface area contributed by atoms with Crippen molar-refractivity contribution in [3.05, 3.63) is 48.2 Å². The van der Waals surface area contributed by atoms with Crippen LogP contribution in [0.15, 0.2) is 42.6 Å². The fraction of sp³-hybridized carbons (Fsp3) is 0.444. The van der Waals surface area contributed by atoms with Crippen LogP contribution in [0.1, 0.15) is 48.9 Å². The molecule has 0 unspecified atom stereocenters. The number of allylic oxidation sites excluding steroid dienone is 1. The second-order valence-corrected chi connectivity index (χ2v) is 6.17. The highest BCUT2D eigenvalue weighted by Gasteiger charge is 2.32. The molecule has 0 radical (unpaired) electrons. The summed E-state index contributed by atoms with van der Waals surface area (Å²) in [5.74, 6) is 0.514. The van der Waals surface area contributed by atoms with Crippen LogP contribution in [0, 0.1) is 5.92 Å². The molecule has 1 atom stereocenters. The van der Waals surface area contributed by atoms with E-state index in [1.807, 2.05) is 23.2 Å². The van der Waals surface area contributed by atoms with E-state index in [1.165, 1.54) is 19.3 Å². The molecule has 0 saturated heterocycles. The van der Waals surface area contributed by atoms with Gasteiger partial charge in [0.2, 0.25) is 0 Å². The van der Waals surface area contributed by atoms with E-state index < -0.39 is 0 Å². The van der Waals surface area contributed by atoms with Crippen LogP contribution in [0.5, 0.6) is 0 Å². The molecular weight excluding hydrogens is 276 g/mol. The van der Waals surface area contributed by atoms with Crippen molar-refractivity contribution in [2.75, 3.05) is 0 Å². The number of amides is 1. The Labute approximate surface area is 131 Å². The Hall–Kier alpha value is -2.10. The average molecular weight is 298 g/mol. The fourth-order valence-corrected chi connectivity index (χ4v) is 3.45. The van der Waals surface area contributed by atoms with E-state index in [0.717, 1.165) is 12.8 Å². The van der Waals surface area contributed by atoms with Gasteiger partial charge in [0.25, 0.3) is 5.91 Å². The molecule has 1 aromatic carbocycles. The second-order valence-electron chi connectivity index (χ2n) is 6.17. The molecule has 3 rings (SSSR count). The first-order chi connectivity index (χ1) is 10.7. The molecule has 0 spiro atoms. The minimum absolute atomic E-state index is 0.0884. The number of rotatable bonds is 3. The minimum Gasteiger partial charge on any atom is -0.295 e. The van der Waals surface area contributed by atoms with Crippen molar-refractivity contribution in [1.82, 2.24) is 10.4 Å². The van der Waals surface area contributed by atoms with E-state index in [1.54, 1.807) is 24.4 Å². The van der Waals surface area contributed by atoms with Gasteiger partial charge in [0.1, 0.15) is 0 Å². The van der Waals surface area contributed by atoms with Crippen molar-refractivity contribution < 1.29 is 9.59 Å². The Kier molecular flexibility index (Phi) is 4.56.